The molecule has 2 rings (SSSR count). The van der Waals surface area contributed by atoms with Gasteiger partial charge in [0.15, 0.2) is 0 Å². The monoisotopic (exact) mass is 232 g/mol. The second-order valence-corrected chi connectivity index (χ2v) is 3.76. The van der Waals surface area contributed by atoms with Crippen molar-refractivity contribution in [3.05, 3.63) is 40.2 Å². The summed E-state index contributed by atoms with van der Waals surface area (Å²) in [5.74, 6) is -1.68. The molecule has 0 aliphatic heterocycles. The number of carbonyl (C=O) groups is 1. The molecular weight excluding hydrogens is 222 g/mol. The van der Waals surface area contributed by atoms with Gasteiger partial charge in [-0.3, -0.25) is 4.79 Å². The first kappa shape index (κ1) is 11.2. The number of pyridine rings is 1. The van der Waals surface area contributed by atoms with Crippen molar-refractivity contribution in [3.63, 3.8) is 0 Å². The zero-order chi connectivity index (χ0) is 12.6. The molecule has 0 bridgehead atoms. The Bertz CT molecular complexity index is 657. The van der Waals surface area contributed by atoms with Gasteiger partial charge >= 0.3 is 0 Å². The second-order valence-electron chi connectivity index (χ2n) is 3.76. The summed E-state index contributed by atoms with van der Waals surface area (Å²) in [5.41, 5.74) is -0.117. The van der Waals surface area contributed by atoms with Gasteiger partial charge < -0.3 is 19.6 Å². The van der Waals surface area contributed by atoms with Gasteiger partial charge in [0.05, 0.1) is 11.1 Å². The van der Waals surface area contributed by atoms with Crippen LogP contribution in [0.4, 0.5) is 0 Å². The van der Waals surface area contributed by atoms with Gasteiger partial charge in [-0.05, 0) is 12.1 Å². The number of fused-ring (bicyclic) bond motifs is 1. The summed E-state index contributed by atoms with van der Waals surface area (Å²) in [6.07, 6.45) is -0.594. The molecule has 1 aromatic heterocycles. The molecule has 0 aliphatic carbocycles. The summed E-state index contributed by atoms with van der Waals surface area (Å²) in [4.78, 5) is 22.4. The van der Waals surface area contributed by atoms with E-state index in [1.165, 1.54) is 11.6 Å². The molecule has 5 heteroatoms. The molecule has 1 heterocycles. The summed E-state index contributed by atoms with van der Waals surface area (Å²) in [6.45, 7) is 0. The van der Waals surface area contributed by atoms with E-state index in [1.54, 1.807) is 24.3 Å². The lowest BCUT2D eigenvalue weighted by atomic mass is 10.1. The summed E-state index contributed by atoms with van der Waals surface area (Å²) in [7, 11) is 1.53. The average Bonchev–Trinajstić information content (AvgIpc) is 2.31. The van der Waals surface area contributed by atoms with E-state index in [9.17, 15) is 19.8 Å². The molecule has 1 aromatic carbocycles. The third kappa shape index (κ3) is 1.75. The molecule has 0 fully saturated rings. The topological polar surface area (TPSA) is 82.4 Å². The van der Waals surface area contributed by atoms with Gasteiger partial charge in [0.25, 0.3) is 5.56 Å². The number of carbonyl (C=O) groups excluding carboxylic acids is 1. The normalized spacial score (nSPS) is 10.6. The van der Waals surface area contributed by atoms with Gasteiger partial charge in [0.2, 0.25) is 0 Å². The Morgan fingerprint density at radius 2 is 2.06 bits per heavy atom. The fourth-order valence-corrected chi connectivity index (χ4v) is 1.85. The number of aromatic hydroxyl groups is 1. The van der Waals surface area contributed by atoms with Crippen LogP contribution < -0.4 is 10.7 Å². The third-order valence-corrected chi connectivity index (χ3v) is 2.69. The summed E-state index contributed by atoms with van der Waals surface area (Å²) >= 11 is 0. The third-order valence-electron chi connectivity index (χ3n) is 2.69. The van der Waals surface area contributed by atoms with E-state index in [0.717, 1.165) is 0 Å². The van der Waals surface area contributed by atoms with Gasteiger partial charge in [0, 0.05) is 24.8 Å². The Balaban J connectivity index is 2.86. The quantitative estimate of drug-likeness (QED) is 0.759. The number of carboxylic acid groups (broad SMARTS) is 1. The fourth-order valence-electron chi connectivity index (χ4n) is 1.85. The predicted molar refractivity (Wildman–Crippen MR) is 59.6 cm³/mol. The SMILES string of the molecule is Cn1c(=O)c(CC(=O)[O-])c(O)c2ccccc21. The second kappa shape index (κ2) is 3.93. The molecule has 0 spiro atoms. The first-order chi connectivity index (χ1) is 8.02. The van der Waals surface area contributed by atoms with Crippen LogP contribution in [-0.2, 0) is 18.3 Å². The lowest BCUT2D eigenvalue weighted by Crippen LogP contribution is -2.30. The molecule has 0 unspecified atom stereocenters. The molecule has 0 amide bonds. The van der Waals surface area contributed by atoms with E-state index in [4.69, 9.17) is 0 Å². The van der Waals surface area contributed by atoms with Crippen LogP contribution in [0.5, 0.6) is 5.75 Å². The van der Waals surface area contributed by atoms with E-state index in [1.807, 2.05) is 0 Å². The summed E-state index contributed by atoms with van der Waals surface area (Å²) in [6, 6.07) is 6.75. The number of benzene rings is 1. The van der Waals surface area contributed by atoms with Crippen molar-refractivity contribution >= 4 is 16.9 Å². The maximum Gasteiger partial charge on any atom is 0.258 e. The van der Waals surface area contributed by atoms with E-state index >= 15 is 0 Å². The molecule has 0 radical (unpaired) electrons. The Hall–Kier alpha value is -2.30. The molecule has 2 aromatic rings. The highest BCUT2D eigenvalue weighted by Crippen LogP contribution is 2.25. The Kier molecular flexibility index (Phi) is 2.59. The molecule has 0 aliphatic rings. The van der Waals surface area contributed by atoms with Crippen molar-refractivity contribution < 1.29 is 15.0 Å². The highest BCUT2D eigenvalue weighted by atomic mass is 16.4. The van der Waals surface area contributed by atoms with Crippen molar-refractivity contribution in [1.82, 2.24) is 4.57 Å². The number of aromatic nitrogens is 1. The molecule has 0 saturated carbocycles. The number of para-hydroxylation sites is 1. The first-order valence-electron chi connectivity index (χ1n) is 5.01. The minimum Gasteiger partial charge on any atom is -0.550 e. The molecule has 1 N–H and O–H groups in total. The molecule has 17 heavy (non-hydrogen) atoms. The van der Waals surface area contributed by atoms with Crippen molar-refractivity contribution in [2.24, 2.45) is 7.05 Å². The van der Waals surface area contributed by atoms with Gasteiger partial charge in [-0.2, -0.15) is 0 Å². The van der Waals surface area contributed by atoms with Crippen LogP contribution in [0.15, 0.2) is 29.1 Å². The maximum atomic E-state index is 11.9. The lowest BCUT2D eigenvalue weighted by molar-refractivity contribution is -0.304. The number of hydrogen-bond donors (Lipinski definition) is 1. The molecule has 0 saturated heterocycles. The zero-order valence-electron chi connectivity index (χ0n) is 9.14. The van der Waals surface area contributed by atoms with Crippen molar-refractivity contribution in [2.45, 2.75) is 6.42 Å². The standard InChI is InChI=1S/C12H11NO4/c1-13-9-5-3-2-4-7(9)11(16)8(12(13)17)6-10(14)15/h2-5,16H,6H2,1H3,(H,14,15)/p-1. The van der Waals surface area contributed by atoms with Crippen molar-refractivity contribution in [2.75, 3.05) is 0 Å². The van der Waals surface area contributed by atoms with Crippen LogP contribution in [-0.4, -0.2) is 15.6 Å². The van der Waals surface area contributed by atoms with Gasteiger partial charge in [-0.1, -0.05) is 12.1 Å². The molecule has 5 nitrogen and oxygen atoms in total. The summed E-state index contributed by atoms with van der Waals surface area (Å²) in [5, 5.41) is 20.9. The van der Waals surface area contributed by atoms with E-state index in [2.05, 4.69) is 0 Å². The zero-order valence-corrected chi connectivity index (χ0v) is 9.14. The average molecular weight is 232 g/mol. The van der Waals surface area contributed by atoms with E-state index in [0.29, 0.717) is 10.9 Å². The fraction of sp³-hybridized carbons (Fsp3) is 0.167. The van der Waals surface area contributed by atoms with Gasteiger partial charge in [0.1, 0.15) is 5.75 Å². The Morgan fingerprint density at radius 3 is 2.71 bits per heavy atom. The van der Waals surface area contributed by atoms with Crippen LogP contribution in [0.25, 0.3) is 10.9 Å². The molecule has 0 atom stereocenters. The Morgan fingerprint density at radius 1 is 1.41 bits per heavy atom. The maximum absolute atomic E-state index is 11.9. The number of aryl methyl sites for hydroxylation is 1. The number of carboxylic acids is 1. The molecule has 88 valence electrons. The van der Waals surface area contributed by atoms with Crippen LogP contribution >= 0.6 is 0 Å². The predicted octanol–water partition coefficient (Wildman–Crippen LogP) is -0.464. The van der Waals surface area contributed by atoms with Crippen LogP contribution in [0.2, 0.25) is 0 Å². The van der Waals surface area contributed by atoms with Crippen molar-refractivity contribution in [3.8, 4) is 5.75 Å². The number of rotatable bonds is 2. The number of aliphatic carboxylic acids is 1. The van der Waals surface area contributed by atoms with E-state index < -0.39 is 17.9 Å². The number of hydrogen-bond acceptors (Lipinski definition) is 4. The van der Waals surface area contributed by atoms with E-state index in [-0.39, 0.29) is 11.3 Å². The largest absolute Gasteiger partial charge is 0.550 e. The van der Waals surface area contributed by atoms with Crippen LogP contribution in [0.1, 0.15) is 5.56 Å². The smallest absolute Gasteiger partial charge is 0.258 e. The minimum atomic E-state index is -1.40. The van der Waals surface area contributed by atoms with Gasteiger partial charge in [-0.15, -0.1) is 0 Å². The highest BCUT2D eigenvalue weighted by molar-refractivity contribution is 5.87. The van der Waals surface area contributed by atoms with Crippen LogP contribution in [0.3, 0.4) is 0 Å². The minimum absolute atomic E-state index is 0.147. The molecular formula is C12H10NO4-. The summed E-state index contributed by atoms with van der Waals surface area (Å²) < 4.78 is 1.31. The van der Waals surface area contributed by atoms with Gasteiger partial charge in [-0.25, -0.2) is 0 Å². The Labute approximate surface area is 96.5 Å². The first-order valence-corrected chi connectivity index (χ1v) is 5.01. The number of nitrogens with zero attached hydrogens (tertiary/aromatic N) is 1. The highest BCUT2D eigenvalue weighted by Gasteiger charge is 2.13. The van der Waals surface area contributed by atoms with Crippen molar-refractivity contribution in [1.29, 1.82) is 0 Å². The lowest BCUT2D eigenvalue weighted by Gasteiger charge is -2.11. The van der Waals surface area contributed by atoms with Crippen LogP contribution in [0, 0.1) is 0 Å².